The van der Waals surface area contributed by atoms with Crippen LogP contribution in [-0.4, -0.2) is 16.1 Å². The quantitative estimate of drug-likeness (QED) is 0.719. The lowest BCUT2D eigenvalue weighted by atomic mass is 10.1. The van der Waals surface area contributed by atoms with Crippen LogP contribution in [0, 0.1) is 0 Å². The minimum Gasteiger partial charge on any atom is -0.478 e. The molecule has 0 bridgehead atoms. The van der Waals surface area contributed by atoms with Gasteiger partial charge in [0.1, 0.15) is 11.3 Å². The fourth-order valence-electron chi connectivity index (χ4n) is 2.07. The first-order chi connectivity index (χ1) is 10.1. The van der Waals surface area contributed by atoms with E-state index in [9.17, 15) is 4.79 Å². The van der Waals surface area contributed by atoms with Crippen molar-refractivity contribution in [1.29, 1.82) is 0 Å². The average molecular weight is 280 g/mol. The Bertz CT molecular complexity index is 825. The number of ether oxygens (including phenoxy) is 1. The van der Waals surface area contributed by atoms with Gasteiger partial charge in [0.05, 0.1) is 5.56 Å². The van der Waals surface area contributed by atoms with Crippen LogP contribution in [0.1, 0.15) is 10.4 Å². The van der Waals surface area contributed by atoms with Gasteiger partial charge in [-0.25, -0.2) is 4.79 Å². The third kappa shape index (κ3) is 2.49. The van der Waals surface area contributed by atoms with Crippen molar-refractivity contribution < 1.29 is 14.6 Å². The van der Waals surface area contributed by atoms with E-state index in [2.05, 4.69) is 4.98 Å². The predicted molar refractivity (Wildman–Crippen MR) is 79.6 cm³/mol. The third-order valence-electron chi connectivity index (χ3n) is 3.08. The lowest BCUT2D eigenvalue weighted by Gasteiger charge is -2.09. The van der Waals surface area contributed by atoms with E-state index in [0.717, 1.165) is 5.39 Å². The molecule has 0 fully saturated rings. The Hall–Kier alpha value is -3.08. The van der Waals surface area contributed by atoms with E-state index < -0.39 is 5.97 Å². The van der Waals surface area contributed by atoms with Gasteiger partial charge in [0.15, 0.2) is 5.75 Å². The zero-order valence-electron chi connectivity index (χ0n) is 11.0. The van der Waals surface area contributed by atoms with E-state index in [-0.39, 0.29) is 11.3 Å². The predicted octanol–water partition coefficient (Wildman–Crippen LogP) is 3.31. The van der Waals surface area contributed by atoms with Gasteiger partial charge in [0.2, 0.25) is 0 Å². The van der Waals surface area contributed by atoms with Crippen LogP contribution in [0.15, 0.2) is 54.7 Å². The number of nitrogens with two attached hydrogens (primary N) is 1. The summed E-state index contributed by atoms with van der Waals surface area (Å²) in [6, 6.07) is 13.9. The largest absolute Gasteiger partial charge is 0.478 e. The topological polar surface area (TPSA) is 85.4 Å². The number of hydrogen-bond donors (Lipinski definition) is 2. The molecule has 0 atom stereocenters. The van der Waals surface area contributed by atoms with Crippen LogP contribution in [0.4, 0.5) is 5.69 Å². The molecule has 3 aromatic rings. The molecule has 0 saturated heterocycles. The smallest absolute Gasteiger partial charge is 0.337 e. The maximum Gasteiger partial charge on any atom is 0.337 e. The van der Waals surface area contributed by atoms with Crippen LogP contribution in [0.25, 0.3) is 10.9 Å². The Balaban J connectivity index is 2.03. The van der Waals surface area contributed by atoms with Crippen molar-refractivity contribution in [1.82, 2.24) is 4.98 Å². The molecule has 5 heteroatoms. The van der Waals surface area contributed by atoms with Crippen molar-refractivity contribution >= 4 is 22.6 Å². The Morgan fingerprint density at radius 2 is 1.95 bits per heavy atom. The lowest BCUT2D eigenvalue weighted by Crippen LogP contribution is -2.02. The SMILES string of the molecule is Nc1ccc(Oc2cccc3cccnc23)cc1C(=O)O. The number of hydrogen-bond acceptors (Lipinski definition) is 4. The summed E-state index contributed by atoms with van der Waals surface area (Å²) in [7, 11) is 0. The van der Waals surface area contributed by atoms with Gasteiger partial charge in [-0.05, 0) is 30.3 Å². The molecule has 0 radical (unpaired) electrons. The minimum absolute atomic E-state index is 0.0145. The molecule has 3 rings (SSSR count). The van der Waals surface area contributed by atoms with E-state index in [1.165, 1.54) is 12.1 Å². The second-order valence-corrected chi connectivity index (χ2v) is 4.49. The number of carboxylic acid groups (broad SMARTS) is 1. The number of aromatic carboxylic acids is 1. The zero-order valence-corrected chi connectivity index (χ0v) is 11.0. The number of carbonyl (C=O) groups is 1. The van der Waals surface area contributed by atoms with Gasteiger partial charge in [-0.15, -0.1) is 0 Å². The molecule has 104 valence electrons. The van der Waals surface area contributed by atoms with Crippen molar-refractivity contribution in [3.63, 3.8) is 0 Å². The number of anilines is 1. The molecule has 1 heterocycles. The highest BCUT2D eigenvalue weighted by Crippen LogP contribution is 2.29. The van der Waals surface area contributed by atoms with E-state index in [1.807, 2.05) is 24.3 Å². The van der Waals surface area contributed by atoms with Crippen molar-refractivity contribution in [2.45, 2.75) is 0 Å². The first-order valence-electron chi connectivity index (χ1n) is 6.29. The highest BCUT2D eigenvalue weighted by Gasteiger charge is 2.11. The van der Waals surface area contributed by atoms with Crippen molar-refractivity contribution in [3.8, 4) is 11.5 Å². The summed E-state index contributed by atoms with van der Waals surface area (Å²) < 4.78 is 5.76. The molecule has 0 aliphatic heterocycles. The highest BCUT2D eigenvalue weighted by atomic mass is 16.5. The van der Waals surface area contributed by atoms with E-state index in [1.54, 1.807) is 18.3 Å². The molecule has 0 aliphatic carbocycles. The first-order valence-corrected chi connectivity index (χ1v) is 6.29. The van der Waals surface area contributed by atoms with Gasteiger partial charge >= 0.3 is 5.97 Å². The van der Waals surface area contributed by atoms with Crippen LogP contribution < -0.4 is 10.5 Å². The van der Waals surface area contributed by atoms with Gasteiger partial charge in [-0.3, -0.25) is 4.98 Å². The van der Waals surface area contributed by atoms with Crippen LogP contribution in [0.3, 0.4) is 0 Å². The number of nitrogens with zero attached hydrogens (tertiary/aromatic N) is 1. The fourth-order valence-corrected chi connectivity index (χ4v) is 2.07. The third-order valence-corrected chi connectivity index (χ3v) is 3.08. The molecular formula is C16H12N2O3. The molecule has 0 unspecified atom stereocenters. The summed E-state index contributed by atoms with van der Waals surface area (Å²) in [6.45, 7) is 0. The van der Waals surface area contributed by atoms with Gasteiger partial charge in [-0.2, -0.15) is 0 Å². The number of nitrogen functional groups attached to an aromatic ring is 1. The molecule has 0 aliphatic rings. The number of carboxylic acids is 1. The maximum atomic E-state index is 11.1. The molecule has 0 spiro atoms. The summed E-state index contributed by atoms with van der Waals surface area (Å²) in [6.07, 6.45) is 1.68. The molecule has 3 N–H and O–H groups in total. The van der Waals surface area contributed by atoms with Crippen LogP contribution in [0.2, 0.25) is 0 Å². The summed E-state index contributed by atoms with van der Waals surface area (Å²) >= 11 is 0. The number of rotatable bonds is 3. The van der Waals surface area contributed by atoms with E-state index in [4.69, 9.17) is 15.6 Å². The Morgan fingerprint density at radius 3 is 2.76 bits per heavy atom. The molecule has 0 saturated carbocycles. The second kappa shape index (κ2) is 5.13. The van der Waals surface area contributed by atoms with Gasteiger partial charge in [0.25, 0.3) is 0 Å². The summed E-state index contributed by atoms with van der Waals surface area (Å²) in [5.74, 6) is -0.122. The van der Waals surface area contributed by atoms with Crippen LogP contribution in [0.5, 0.6) is 11.5 Å². The first kappa shape index (κ1) is 12.9. The Morgan fingerprint density at radius 1 is 1.14 bits per heavy atom. The van der Waals surface area contributed by atoms with Crippen molar-refractivity contribution in [2.75, 3.05) is 5.73 Å². The Labute approximate surface area is 120 Å². The molecule has 0 amide bonds. The van der Waals surface area contributed by atoms with Crippen molar-refractivity contribution in [2.24, 2.45) is 0 Å². The van der Waals surface area contributed by atoms with Gasteiger partial charge in [-0.1, -0.05) is 18.2 Å². The molecule has 5 nitrogen and oxygen atoms in total. The standard InChI is InChI=1S/C16H12N2O3/c17-13-7-6-11(9-12(13)16(19)20)21-14-5-1-3-10-4-2-8-18-15(10)14/h1-9H,17H2,(H,19,20). The number of aromatic nitrogens is 1. The van der Waals surface area contributed by atoms with Crippen LogP contribution >= 0.6 is 0 Å². The number of fused-ring (bicyclic) bond motifs is 1. The number of pyridine rings is 1. The summed E-state index contributed by atoms with van der Waals surface area (Å²) in [4.78, 5) is 15.4. The van der Waals surface area contributed by atoms with Crippen molar-refractivity contribution in [3.05, 3.63) is 60.3 Å². The average Bonchev–Trinajstić information content (AvgIpc) is 2.49. The van der Waals surface area contributed by atoms with Gasteiger partial charge < -0.3 is 15.6 Å². The Kier molecular flexibility index (Phi) is 3.16. The molecule has 21 heavy (non-hydrogen) atoms. The van der Waals surface area contributed by atoms with E-state index >= 15 is 0 Å². The summed E-state index contributed by atoms with van der Waals surface area (Å²) in [5, 5.41) is 10.0. The molecular weight excluding hydrogens is 268 g/mol. The lowest BCUT2D eigenvalue weighted by molar-refractivity contribution is 0.0697. The highest BCUT2D eigenvalue weighted by molar-refractivity contribution is 5.94. The van der Waals surface area contributed by atoms with Crippen LogP contribution in [-0.2, 0) is 0 Å². The minimum atomic E-state index is -1.09. The second-order valence-electron chi connectivity index (χ2n) is 4.49. The summed E-state index contributed by atoms with van der Waals surface area (Å²) in [5.41, 5.74) is 6.56. The van der Waals surface area contributed by atoms with E-state index in [0.29, 0.717) is 17.0 Å². The fraction of sp³-hybridized carbons (Fsp3) is 0. The zero-order chi connectivity index (χ0) is 14.8. The van der Waals surface area contributed by atoms with Gasteiger partial charge in [0, 0.05) is 17.3 Å². The molecule has 2 aromatic carbocycles. The number of para-hydroxylation sites is 1. The number of benzene rings is 2. The molecule has 1 aromatic heterocycles. The maximum absolute atomic E-state index is 11.1. The normalized spacial score (nSPS) is 10.5. The monoisotopic (exact) mass is 280 g/mol.